The number of hydrogen-bond donors (Lipinski definition) is 0. The van der Waals surface area contributed by atoms with E-state index < -0.39 is 0 Å². The van der Waals surface area contributed by atoms with Crippen molar-refractivity contribution in [2.75, 3.05) is 0 Å². The molecule has 0 saturated carbocycles. The van der Waals surface area contributed by atoms with Crippen LogP contribution < -0.4 is 0 Å². The SMILES string of the molecule is CCc1ccc(C(=O)CC2Cc3ccccc32)s1. The maximum atomic E-state index is 12.2. The maximum Gasteiger partial charge on any atom is 0.173 e. The van der Waals surface area contributed by atoms with Crippen LogP contribution in [-0.4, -0.2) is 5.78 Å². The van der Waals surface area contributed by atoms with Crippen LogP contribution in [0.15, 0.2) is 36.4 Å². The fourth-order valence-corrected chi connectivity index (χ4v) is 3.48. The van der Waals surface area contributed by atoms with E-state index in [9.17, 15) is 4.79 Å². The van der Waals surface area contributed by atoms with Gasteiger partial charge in [0.25, 0.3) is 0 Å². The van der Waals surface area contributed by atoms with Crippen molar-refractivity contribution in [1.82, 2.24) is 0 Å². The van der Waals surface area contributed by atoms with Crippen molar-refractivity contribution < 1.29 is 4.79 Å². The van der Waals surface area contributed by atoms with Gasteiger partial charge in [0.2, 0.25) is 0 Å². The first-order valence-electron chi connectivity index (χ1n) is 6.47. The molecule has 1 aromatic carbocycles. The van der Waals surface area contributed by atoms with E-state index in [2.05, 4.69) is 37.3 Å². The van der Waals surface area contributed by atoms with Gasteiger partial charge in [0.05, 0.1) is 4.88 Å². The number of rotatable bonds is 4. The van der Waals surface area contributed by atoms with Crippen molar-refractivity contribution in [2.24, 2.45) is 0 Å². The van der Waals surface area contributed by atoms with Crippen LogP contribution >= 0.6 is 11.3 Å². The molecule has 2 aromatic rings. The third kappa shape index (κ3) is 2.01. The number of ketones is 1. The van der Waals surface area contributed by atoms with Gasteiger partial charge in [0.1, 0.15) is 0 Å². The van der Waals surface area contributed by atoms with E-state index in [1.54, 1.807) is 11.3 Å². The molecule has 18 heavy (non-hydrogen) atoms. The Balaban J connectivity index is 1.70. The summed E-state index contributed by atoms with van der Waals surface area (Å²) in [6.45, 7) is 2.13. The smallest absolute Gasteiger partial charge is 0.173 e. The van der Waals surface area contributed by atoms with Gasteiger partial charge in [-0.25, -0.2) is 0 Å². The normalized spacial score (nSPS) is 17.1. The standard InChI is InChI=1S/C16H16OS/c1-2-13-7-8-16(18-13)15(17)10-12-9-11-5-3-4-6-14(11)12/h3-8,12H,2,9-10H2,1H3. The number of carbonyl (C=O) groups is 1. The van der Waals surface area contributed by atoms with E-state index in [0.717, 1.165) is 17.7 Å². The Bertz CT molecular complexity index is 582. The first-order valence-corrected chi connectivity index (χ1v) is 7.29. The van der Waals surface area contributed by atoms with Crippen molar-refractivity contribution in [1.29, 1.82) is 0 Å². The molecule has 0 amide bonds. The van der Waals surface area contributed by atoms with E-state index in [4.69, 9.17) is 0 Å². The predicted octanol–water partition coefficient (Wildman–Crippen LogP) is 4.22. The summed E-state index contributed by atoms with van der Waals surface area (Å²) in [5, 5.41) is 0. The first kappa shape index (κ1) is 11.7. The maximum absolute atomic E-state index is 12.2. The summed E-state index contributed by atoms with van der Waals surface area (Å²) >= 11 is 1.65. The topological polar surface area (TPSA) is 17.1 Å². The van der Waals surface area contributed by atoms with E-state index in [0.29, 0.717) is 18.1 Å². The number of aryl methyl sites for hydroxylation is 1. The van der Waals surface area contributed by atoms with Crippen molar-refractivity contribution in [3.8, 4) is 0 Å². The number of thiophene rings is 1. The molecule has 0 spiro atoms. The largest absolute Gasteiger partial charge is 0.293 e. The lowest BCUT2D eigenvalue weighted by atomic mass is 9.75. The third-order valence-corrected chi connectivity index (χ3v) is 4.95. The van der Waals surface area contributed by atoms with Gasteiger partial charge in [0.15, 0.2) is 5.78 Å². The quantitative estimate of drug-likeness (QED) is 0.748. The molecule has 1 aromatic heterocycles. The Kier molecular flexibility index (Phi) is 3.04. The van der Waals surface area contributed by atoms with Gasteiger partial charge >= 0.3 is 0 Å². The Morgan fingerprint density at radius 2 is 2.11 bits per heavy atom. The van der Waals surface area contributed by atoms with Crippen LogP contribution in [0, 0.1) is 0 Å². The molecule has 3 rings (SSSR count). The Morgan fingerprint density at radius 1 is 1.28 bits per heavy atom. The minimum absolute atomic E-state index is 0.305. The lowest BCUT2D eigenvalue weighted by Gasteiger charge is -2.29. The Morgan fingerprint density at radius 3 is 2.83 bits per heavy atom. The van der Waals surface area contributed by atoms with Crippen molar-refractivity contribution in [3.05, 3.63) is 57.3 Å². The van der Waals surface area contributed by atoms with Crippen LogP contribution in [0.5, 0.6) is 0 Å². The highest BCUT2D eigenvalue weighted by molar-refractivity contribution is 7.14. The van der Waals surface area contributed by atoms with Crippen LogP contribution in [0.1, 0.15) is 44.9 Å². The summed E-state index contributed by atoms with van der Waals surface area (Å²) < 4.78 is 0. The van der Waals surface area contributed by atoms with Crippen LogP contribution in [0.25, 0.3) is 0 Å². The molecule has 1 aliphatic rings. The zero-order valence-corrected chi connectivity index (χ0v) is 11.3. The van der Waals surface area contributed by atoms with Gasteiger partial charge in [-0.15, -0.1) is 11.3 Å². The second-order valence-corrected chi connectivity index (χ2v) is 6.02. The second kappa shape index (κ2) is 4.69. The average Bonchev–Trinajstić information content (AvgIpc) is 2.84. The number of fused-ring (bicyclic) bond motifs is 1. The molecule has 1 unspecified atom stereocenters. The van der Waals surface area contributed by atoms with Gasteiger partial charge in [-0.2, -0.15) is 0 Å². The van der Waals surface area contributed by atoms with Gasteiger partial charge in [0, 0.05) is 11.3 Å². The zero-order chi connectivity index (χ0) is 12.5. The molecule has 0 aliphatic heterocycles. The summed E-state index contributed by atoms with van der Waals surface area (Å²) in [4.78, 5) is 14.4. The molecule has 1 heterocycles. The monoisotopic (exact) mass is 256 g/mol. The van der Waals surface area contributed by atoms with E-state index in [-0.39, 0.29) is 0 Å². The highest BCUT2D eigenvalue weighted by atomic mass is 32.1. The summed E-state index contributed by atoms with van der Waals surface area (Å²) in [5.41, 5.74) is 2.79. The van der Waals surface area contributed by atoms with E-state index in [1.165, 1.54) is 16.0 Å². The molecular formula is C16H16OS. The van der Waals surface area contributed by atoms with Crippen LogP contribution in [-0.2, 0) is 12.8 Å². The molecular weight excluding hydrogens is 240 g/mol. The summed E-state index contributed by atoms with van der Waals surface area (Å²) in [6.07, 6.45) is 2.75. The van der Waals surface area contributed by atoms with Gasteiger partial charge < -0.3 is 0 Å². The molecule has 0 fully saturated rings. The number of hydrogen-bond acceptors (Lipinski definition) is 2. The Labute approximate surface area is 111 Å². The highest BCUT2D eigenvalue weighted by Gasteiger charge is 2.28. The molecule has 0 bridgehead atoms. The molecule has 1 aliphatic carbocycles. The second-order valence-electron chi connectivity index (χ2n) is 4.85. The number of Topliss-reactive ketones (excluding diaryl/α,β-unsaturated/α-hetero) is 1. The van der Waals surface area contributed by atoms with Crippen LogP contribution in [0.4, 0.5) is 0 Å². The van der Waals surface area contributed by atoms with E-state index in [1.807, 2.05) is 6.07 Å². The number of carbonyl (C=O) groups excluding carboxylic acids is 1. The predicted molar refractivity (Wildman–Crippen MR) is 75.5 cm³/mol. The van der Waals surface area contributed by atoms with Crippen LogP contribution in [0.3, 0.4) is 0 Å². The molecule has 1 atom stereocenters. The fourth-order valence-electron chi connectivity index (χ4n) is 2.59. The minimum Gasteiger partial charge on any atom is -0.293 e. The molecule has 0 radical (unpaired) electrons. The fraction of sp³-hybridized carbons (Fsp3) is 0.312. The summed E-state index contributed by atoms with van der Waals surface area (Å²) in [5.74, 6) is 0.750. The minimum atomic E-state index is 0.305. The Hall–Kier alpha value is -1.41. The molecule has 92 valence electrons. The van der Waals surface area contributed by atoms with Gasteiger partial charge in [-0.3, -0.25) is 4.79 Å². The molecule has 0 N–H and O–H groups in total. The van der Waals surface area contributed by atoms with Gasteiger partial charge in [-0.05, 0) is 42.0 Å². The zero-order valence-electron chi connectivity index (χ0n) is 10.5. The van der Waals surface area contributed by atoms with E-state index >= 15 is 0 Å². The van der Waals surface area contributed by atoms with Crippen LogP contribution in [0.2, 0.25) is 0 Å². The summed E-state index contributed by atoms with van der Waals surface area (Å²) in [7, 11) is 0. The molecule has 2 heteroatoms. The van der Waals surface area contributed by atoms with Crippen molar-refractivity contribution in [2.45, 2.75) is 32.1 Å². The third-order valence-electron chi connectivity index (χ3n) is 3.68. The summed E-state index contributed by atoms with van der Waals surface area (Å²) in [6, 6.07) is 12.5. The lowest BCUT2D eigenvalue weighted by Crippen LogP contribution is -2.19. The van der Waals surface area contributed by atoms with Crippen molar-refractivity contribution >= 4 is 17.1 Å². The van der Waals surface area contributed by atoms with Gasteiger partial charge in [-0.1, -0.05) is 31.2 Å². The lowest BCUT2D eigenvalue weighted by molar-refractivity contribution is 0.0974. The molecule has 0 saturated heterocycles. The molecule has 1 nitrogen and oxygen atoms in total. The number of benzene rings is 1. The highest BCUT2D eigenvalue weighted by Crippen LogP contribution is 2.38. The average molecular weight is 256 g/mol. The first-order chi connectivity index (χ1) is 8.78. The van der Waals surface area contributed by atoms with Crippen molar-refractivity contribution in [3.63, 3.8) is 0 Å².